The third kappa shape index (κ3) is 2.60. The second-order valence-corrected chi connectivity index (χ2v) is 9.93. The monoisotopic (exact) mass is 379 g/mol. The first kappa shape index (κ1) is 17.3. The Morgan fingerprint density at radius 3 is 2.34 bits per heavy atom. The Bertz CT molecular complexity index is 1080. The van der Waals surface area contributed by atoms with Gasteiger partial charge in [-0.25, -0.2) is 0 Å². The van der Waals surface area contributed by atoms with Gasteiger partial charge in [-0.15, -0.1) is 0 Å². The van der Waals surface area contributed by atoms with E-state index in [0.717, 1.165) is 17.8 Å². The molecule has 6 rings (SSSR count). The molecule has 2 saturated carbocycles. The van der Waals surface area contributed by atoms with Crippen LogP contribution in [0.1, 0.15) is 62.1 Å². The van der Waals surface area contributed by atoms with Crippen molar-refractivity contribution in [2.45, 2.75) is 50.9 Å². The average molecular weight is 380 g/mol. The van der Waals surface area contributed by atoms with Gasteiger partial charge in [0.15, 0.2) is 0 Å². The molecule has 1 heteroatoms. The normalized spacial score (nSPS) is 25.7. The van der Waals surface area contributed by atoms with E-state index < -0.39 is 0 Å². The number of rotatable bonds is 3. The Kier molecular flexibility index (Phi) is 3.72. The van der Waals surface area contributed by atoms with Gasteiger partial charge in [0, 0.05) is 16.8 Å². The fourth-order valence-electron chi connectivity index (χ4n) is 6.57. The topological polar surface area (TPSA) is 12.0 Å². The zero-order valence-electron chi connectivity index (χ0n) is 17.4. The van der Waals surface area contributed by atoms with Crippen molar-refractivity contribution in [1.82, 2.24) is 0 Å². The zero-order valence-corrected chi connectivity index (χ0v) is 17.4. The lowest BCUT2D eigenvalue weighted by Gasteiger charge is -2.25. The van der Waals surface area contributed by atoms with Gasteiger partial charge in [0.05, 0.1) is 0 Å². The molecular formula is C28H29N. The summed E-state index contributed by atoms with van der Waals surface area (Å²) in [5.74, 6) is 2.74. The molecular weight excluding hydrogens is 350 g/mol. The molecule has 0 amide bonds. The summed E-state index contributed by atoms with van der Waals surface area (Å²) in [5, 5.41) is 3.75. The van der Waals surface area contributed by atoms with Crippen LogP contribution in [0.3, 0.4) is 0 Å². The molecule has 3 atom stereocenters. The molecule has 0 aromatic heterocycles. The fourth-order valence-corrected chi connectivity index (χ4v) is 6.57. The van der Waals surface area contributed by atoms with Crippen molar-refractivity contribution in [2.24, 2.45) is 11.8 Å². The highest BCUT2D eigenvalue weighted by Gasteiger charge is 2.40. The summed E-state index contributed by atoms with van der Waals surface area (Å²) in [5.41, 5.74) is 9.58. The lowest BCUT2D eigenvalue weighted by Crippen LogP contribution is -2.16. The van der Waals surface area contributed by atoms with Gasteiger partial charge in [0.2, 0.25) is 0 Å². The summed E-state index contributed by atoms with van der Waals surface area (Å²) in [6.07, 6.45) is 5.80. The number of nitrogens with one attached hydrogen (secondary N) is 1. The van der Waals surface area contributed by atoms with Crippen molar-refractivity contribution in [3.05, 3.63) is 83.4 Å². The van der Waals surface area contributed by atoms with Gasteiger partial charge in [-0.3, -0.25) is 0 Å². The molecule has 3 aromatic carbocycles. The van der Waals surface area contributed by atoms with Crippen molar-refractivity contribution < 1.29 is 0 Å². The molecule has 3 aliphatic rings. The highest BCUT2D eigenvalue weighted by Crippen LogP contribution is 2.53. The van der Waals surface area contributed by atoms with Crippen LogP contribution < -0.4 is 5.32 Å². The Hall–Kier alpha value is -2.54. The Morgan fingerprint density at radius 1 is 0.793 bits per heavy atom. The summed E-state index contributed by atoms with van der Waals surface area (Å²) in [4.78, 5) is 0. The SMILES string of the molecule is CC1(C)c2ccccc2-c2cccc(Nc3ccc(C4CC5CCC4C5)cc3)c21. The first-order valence-corrected chi connectivity index (χ1v) is 11.2. The van der Waals surface area contributed by atoms with Crippen molar-refractivity contribution in [1.29, 1.82) is 0 Å². The van der Waals surface area contributed by atoms with E-state index in [-0.39, 0.29) is 5.41 Å². The van der Waals surface area contributed by atoms with Gasteiger partial charge in [0.1, 0.15) is 0 Å². The molecule has 0 heterocycles. The first-order chi connectivity index (χ1) is 14.1. The molecule has 0 radical (unpaired) electrons. The summed E-state index contributed by atoms with van der Waals surface area (Å²) >= 11 is 0. The van der Waals surface area contributed by atoms with Crippen LogP contribution in [0.5, 0.6) is 0 Å². The largest absolute Gasteiger partial charge is 0.355 e. The predicted molar refractivity (Wildman–Crippen MR) is 122 cm³/mol. The number of hydrogen-bond donors (Lipinski definition) is 1. The van der Waals surface area contributed by atoms with Crippen molar-refractivity contribution in [3.8, 4) is 11.1 Å². The molecule has 1 nitrogen and oxygen atoms in total. The predicted octanol–water partition coefficient (Wildman–Crippen LogP) is 7.64. The summed E-state index contributed by atoms with van der Waals surface area (Å²) in [7, 11) is 0. The van der Waals surface area contributed by atoms with Crippen LogP contribution in [0.4, 0.5) is 11.4 Å². The van der Waals surface area contributed by atoms with Crippen LogP contribution >= 0.6 is 0 Å². The quantitative estimate of drug-likeness (QED) is 0.493. The van der Waals surface area contributed by atoms with E-state index in [9.17, 15) is 0 Å². The average Bonchev–Trinajstić information content (AvgIpc) is 3.43. The summed E-state index contributed by atoms with van der Waals surface area (Å²) in [6, 6.07) is 24.9. The summed E-state index contributed by atoms with van der Waals surface area (Å²) in [6.45, 7) is 4.70. The van der Waals surface area contributed by atoms with Crippen molar-refractivity contribution >= 4 is 11.4 Å². The van der Waals surface area contributed by atoms with Gasteiger partial charge >= 0.3 is 0 Å². The molecule has 0 saturated heterocycles. The van der Waals surface area contributed by atoms with E-state index in [1.54, 1.807) is 5.56 Å². The van der Waals surface area contributed by atoms with Crippen LogP contribution in [-0.4, -0.2) is 0 Å². The maximum Gasteiger partial charge on any atom is 0.0431 e. The standard InChI is InChI=1S/C28H29N/c1-28(2)25-8-4-3-6-22(25)23-7-5-9-26(27(23)28)29-21-14-12-19(13-15-21)24-17-18-10-11-20(24)16-18/h3-9,12-15,18,20,24,29H,10-11,16-17H2,1-2H3. The van der Waals surface area contributed by atoms with Crippen LogP contribution in [0.25, 0.3) is 11.1 Å². The van der Waals surface area contributed by atoms with Crippen LogP contribution in [-0.2, 0) is 5.41 Å². The highest BCUT2D eigenvalue weighted by atomic mass is 14.9. The van der Waals surface area contributed by atoms with E-state index >= 15 is 0 Å². The highest BCUT2D eigenvalue weighted by molar-refractivity contribution is 5.87. The molecule has 2 bridgehead atoms. The molecule has 3 aliphatic carbocycles. The number of benzene rings is 3. The fraction of sp³-hybridized carbons (Fsp3) is 0.357. The minimum absolute atomic E-state index is 0.0124. The van der Waals surface area contributed by atoms with E-state index in [1.165, 1.54) is 59.3 Å². The molecule has 3 aromatic rings. The number of anilines is 2. The van der Waals surface area contributed by atoms with Crippen molar-refractivity contribution in [2.75, 3.05) is 5.32 Å². The second kappa shape index (κ2) is 6.23. The van der Waals surface area contributed by atoms with Gasteiger partial charge in [-0.2, -0.15) is 0 Å². The van der Waals surface area contributed by atoms with E-state index in [2.05, 4.69) is 85.9 Å². The smallest absolute Gasteiger partial charge is 0.0431 e. The molecule has 2 fully saturated rings. The Labute approximate surface area is 174 Å². The molecule has 3 unspecified atom stereocenters. The Morgan fingerprint density at radius 2 is 1.59 bits per heavy atom. The third-order valence-corrected chi connectivity index (χ3v) is 7.94. The van der Waals surface area contributed by atoms with Crippen LogP contribution in [0, 0.1) is 11.8 Å². The van der Waals surface area contributed by atoms with Crippen molar-refractivity contribution in [3.63, 3.8) is 0 Å². The van der Waals surface area contributed by atoms with Gasteiger partial charge < -0.3 is 5.32 Å². The number of fused-ring (bicyclic) bond motifs is 5. The minimum Gasteiger partial charge on any atom is -0.355 e. The molecule has 29 heavy (non-hydrogen) atoms. The first-order valence-electron chi connectivity index (χ1n) is 11.2. The maximum absolute atomic E-state index is 3.75. The summed E-state index contributed by atoms with van der Waals surface area (Å²) < 4.78 is 0. The van der Waals surface area contributed by atoms with Gasteiger partial charge in [-0.1, -0.05) is 68.8 Å². The second-order valence-electron chi connectivity index (χ2n) is 9.93. The van der Waals surface area contributed by atoms with Crippen LogP contribution in [0.15, 0.2) is 66.7 Å². The maximum atomic E-state index is 3.75. The molecule has 1 N–H and O–H groups in total. The van der Waals surface area contributed by atoms with Crippen LogP contribution in [0.2, 0.25) is 0 Å². The lowest BCUT2D eigenvalue weighted by molar-refractivity contribution is 0.420. The van der Waals surface area contributed by atoms with E-state index in [1.807, 2.05) is 0 Å². The zero-order chi connectivity index (χ0) is 19.6. The minimum atomic E-state index is 0.0124. The Balaban J connectivity index is 1.32. The van der Waals surface area contributed by atoms with E-state index in [4.69, 9.17) is 0 Å². The van der Waals surface area contributed by atoms with Gasteiger partial charge in [0.25, 0.3) is 0 Å². The van der Waals surface area contributed by atoms with E-state index in [0.29, 0.717) is 0 Å². The third-order valence-electron chi connectivity index (χ3n) is 7.94. The molecule has 0 spiro atoms. The number of hydrogen-bond acceptors (Lipinski definition) is 1. The lowest BCUT2D eigenvalue weighted by atomic mass is 9.81. The van der Waals surface area contributed by atoms with Gasteiger partial charge in [-0.05, 0) is 83.0 Å². The molecule has 146 valence electrons. The molecule has 0 aliphatic heterocycles.